The topological polar surface area (TPSA) is 39.7 Å². The van der Waals surface area contributed by atoms with Gasteiger partial charge in [0.25, 0.3) is 0 Å². The van der Waals surface area contributed by atoms with E-state index < -0.39 is 0 Å². The van der Waals surface area contributed by atoms with E-state index in [1.807, 2.05) is 36.4 Å². The Morgan fingerprint density at radius 1 is 1.10 bits per heavy atom. The molecule has 2 heterocycles. The van der Waals surface area contributed by atoms with Crippen molar-refractivity contribution in [2.45, 2.75) is 6.10 Å². The Morgan fingerprint density at radius 3 is 2.95 bits per heavy atom. The quantitative estimate of drug-likeness (QED) is 0.863. The molecule has 2 aliphatic rings. The summed E-state index contributed by atoms with van der Waals surface area (Å²) in [6.45, 7) is 1.01. The molecular weight excluding hydrogens is 322 g/mol. The van der Waals surface area contributed by atoms with Crippen molar-refractivity contribution in [1.29, 1.82) is 0 Å². The number of hydrogen-bond donors (Lipinski definition) is 1. The van der Waals surface area contributed by atoms with Crippen LogP contribution in [0, 0.1) is 0 Å². The minimum atomic E-state index is -0.0456. The summed E-state index contributed by atoms with van der Waals surface area (Å²) in [6, 6.07) is 11.9. The molecule has 0 fully saturated rings. The monoisotopic (exact) mass is 333 g/mol. The van der Waals surface area contributed by atoms with Gasteiger partial charge in [-0.3, -0.25) is 0 Å². The molecule has 4 nitrogen and oxygen atoms in total. The normalized spacial score (nSPS) is 18.9. The fraction of sp³-hybridized carbons (Fsp3) is 0.200. The van der Waals surface area contributed by atoms with E-state index in [0.29, 0.717) is 0 Å². The van der Waals surface area contributed by atoms with Crippen LogP contribution in [0.1, 0.15) is 11.7 Å². The molecule has 0 saturated carbocycles. The molecule has 1 atom stereocenters. The molecule has 0 spiro atoms. The van der Waals surface area contributed by atoms with E-state index in [0.717, 1.165) is 39.5 Å². The fourth-order valence-electron chi connectivity index (χ4n) is 2.45. The fourth-order valence-corrected chi connectivity index (χ4v) is 2.91. The average Bonchev–Trinajstić information content (AvgIpc) is 2.95. The zero-order valence-corrected chi connectivity index (χ0v) is 12.1. The third kappa shape index (κ3) is 1.89. The van der Waals surface area contributed by atoms with Gasteiger partial charge in [0.2, 0.25) is 6.79 Å². The van der Waals surface area contributed by atoms with Crippen molar-refractivity contribution in [2.24, 2.45) is 0 Å². The molecule has 0 aliphatic carbocycles. The lowest BCUT2D eigenvalue weighted by Crippen LogP contribution is -2.23. The summed E-state index contributed by atoms with van der Waals surface area (Å²) < 4.78 is 17.8. The number of anilines is 1. The second-order valence-electron chi connectivity index (χ2n) is 4.72. The van der Waals surface area contributed by atoms with Gasteiger partial charge in [0.15, 0.2) is 17.2 Å². The molecule has 2 aromatic carbocycles. The molecule has 0 saturated heterocycles. The van der Waals surface area contributed by atoms with Gasteiger partial charge < -0.3 is 19.5 Å². The number of halogens is 1. The van der Waals surface area contributed by atoms with Crippen molar-refractivity contribution in [3.8, 4) is 17.2 Å². The Kier molecular flexibility index (Phi) is 2.73. The zero-order chi connectivity index (χ0) is 13.5. The van der Waals surface area contributed by atoms with Gasteiger partial charge in [-0.25, -0.2) is 0 Å². The van der Waals surface area contributed by atoms with Crippen LogP contribution in [0.5, 0.6) is 17.2 Å². The van der Waals surface area contributed by atoms with E-state index >= 15 is 0 Å². The molecule has 2 aliphatic heterocycles. The average molecular weight is 334 g/mol. The Balaban J connectivity index is 1.66. The van der Waals surface area contributed by atoms with Gasteiger partial charge in [0.1, 0.15) is 6.10 Å². The molecular formula is C15H12BrNO3. The standard InChI is InChI=1S/C15H12BrNO3/c16-10-2-1-3-11-15(10)20-14(7-17-11)9-4-5-12-13(6-9)19-8-18-12/h1-6,14,17H,7-8H2. The molecule has 1 N–H and O–H groups in total. The SMILES string of the molecule is Brc1cccc2c1OC(c1ccc3c(c1)OCO3)CN2. The van der Waals surface area contributed by atoms with Crippen molar-refractivity contribution >= 4 is 21.6 Å². The number of rotatable bonds is 1. The van der Waals surface area contributed by atoms with Crippen LogP contribution in [-0.2, 0) is 0 Å². The largest absolute Gasteiger partial charge is 0.481 e. The first-order valence-corrected chi connectivity index (χ1v) is 7.19. The Labute approximate surface area is 124 Å². The second kappa shape index (κ2) is 4.59. The molecule has 0 amide bonds. The molecule has 0 radical (unpaired) electrons. The minimum Gasteiger partial charge on any atom is -0.481 e. The van der Waals surface area contributed by atoms with Gasteiger partial charge in [-0.05, 0) is 45.8 Å². The molecule has 1 unspecified atom stereocenters. The Bertz CT molecular complexity index is 674. The predicted octanol–water partition coefficient (Wildman–Crippen LogP) is 3.72. The Morgan fingerprint density at radius 2 is 2.00 bits per heavy atom. The van der Waals surface area contributed by atoms with Crippen LogP contribution in [-0.4, -0.2) is 13.3 Å². The van der Waals surface area contributed by atoms with Crippen LogP contribution in [0.25, 0.3) is 0 Å². The molecule has 2 aromatic rings. The van der Waals surface area contributed by atoms with Gasteiger partial charge in [0, 0.05) is 0 Å². The highest BCUT2D eigenvalue weighted by atomic mass is 79.9. The van der Waals surface area contributed by atoms with E-state index in [9.17, 15) is 0 Å². The van der Waals surface area contributed by atoms with Crippen LogP contribution in [0.4, 0.5) is 5.69 Å². The summed E-state index contributed by atoms with van der Waals surface area (Å²) in [4.78, 5) is 0. The van der Waals surface area contributed by atoms with Crippen molar-refractivity contribution in [1.82, 2.24) is 0 Å². The maximum atomic E-state index is 6.10. The van der Waals surface area contributed by atoms with Crippen LogP contribution in [0.3, 0.4) is 0 Å². The summed E-state index contributed by atoms with van der Waals surface area (Å²) in [5.74, 6) is 2.42. The summed E-state index contributed by atoms with van der Waals surface area (Å²) in [7, 11) is 0. The van der Waals surface area contributed by atoms with Crippen molar-refractivity contribution < 1.29 is 14.2 Å². The lowest BCUT2D eigenvalue weighted by atomic mass is 10.1. The van der Waals surface area contributed by atoms with Crippen LogP contribution in [0.2, 0.25) is 0 Å². The predicted molar refractivity (Wildman–Crippen MR) is 78.6 cm³/mol. The van der Waals surface area contributed by atoms with Gasteiger partial charge in [-0.1, -0.05) is 12.1 Å². The van der Waals surface area contributed by atoms with Crippen LogP contribution < -0.4 is 19.5 Å². The lowest BCUT2D eigenvalue weighted by Gasteiger charge is -2.28. The third-order valence-corrected chi connectivity index (χ3v) is 4.10. The number of hydrogen-bond acceptors (Lipinski definition) is 4. The number of fused-ring (bicyclic) bond motifs is 2. The summed E-state index contributed by atoms with van der Waals surface area (Å²) >= 11 is 3.52. The molecule has 4 rings (SSSR count). The van der Waals surface area contributed by atoms with Crippen LogP contribution >= 0.6 is 15.9 Å². The van der Waals surface area contributed by atoms with E-state index in [1.165, 1.54) is 0 Å². The lowest BCUT2D eigenvalue weighted by molar-refractivity contribution is 0.173. The smallest absolute Gasteiger partial charge is 0.231 e. The number of benzene rings is 2. The first kappa shape index (κ1) is 11.9. The number of para-hydroxylation sites is 1. The molecule has 102 valence electrons. The summed E-state index contributed by atoms with van der Waals surface area (Å²) in [5.41, 5.74) is 2.08. The van der Waals surface area contributed by atoms with E-state index in [1.54, 1.807) is 0 Å². The molecule has 0 aromatic heterocycles. The minimum absolute atomic E-state index is 0.0456. The zero-order valence-electron chi connectivity index (χ0n) is 10.6. The van der Waals surface area contributed by atoms with Crippen molar-refractivity contribution in [3.05, 3.63) is 46.4 Å². The summed E-state index contributed by atoms with van der Waals surface area (Å²) in [5, 5.41) is 3.39. The highest BCUT2D eigenvalue weighted by molar-refractivity contribution is 9.10. The van der Waals surface area contributed by atoms with Gasteiger partial charge in [-0.2, -0.15) is 0 Å². The highest BCUT2D eigenvalue weighted by Gasteiger charge is 2.24. The Hall–Kier alpha value is -1.88. The van der Waals surface area contributed by atoms with Gasteiger partial charge in [0.05, 0.1) is 16.7 Å². The second-order valence-corrected chi connectivity index (χ2v) is 5.57. The van der Waals surface area contributed by atoms with E-state index in [4.69, 9.17) is 14.2 Å². The van der Waals surface area contributed by atoms with Gasteiger partial charge >= 0.3 is 0 Å². The molecule has 20 heavy (non-hydrogen) atoms. The van der Waals surface area contributed by atoms with Crippen molar-refractivity contribution in [3.63, 3.8) is 0 Å². The third-order valence-electron chi connectivity index (χ3n) is 3.47. The van der Waals surface area contributed by atoms with Crippen LogP contribution in [0.15, 0.2) is 40.9 Å². The van der Waals surface area contributed by atoms with E-state index in [-0.39, 0.29) is 12.9 Å². The highest BCUT2D eigenvalue weighted by Crippen LogP contribution is 2.41. The molecule has 5 heteroatoms. The first-order valence-electron chi connectivity index (χ1n) is 6.40. The number of ether oxygens (including phenoxy) is 3. The van der Waals surface area contributed by atoms with Crippen molar-refractivity contribution in [2.75, 3.05) is 18.7 Å². The van der Waals surface area contributed by atoms with Gasteiger partial charge in [-0.15, -0.1) is 0 Å². The maximum Gasteiger partial charge on any atom is 0.231 e. The first-order chi connectivity index (χ1) is 9.81. The van der Waals surface area contributed by atoms with E-state index in [2.05, 4.69) is 21.2 Å². The number of nitrogens with one attached hydrogen (secondary N) is 1. The maximum absolute atomic E-state index is 6.10. The molecule has 0 bridgehead atoms. The summed E-state index contributed by atoms with van der Waals surface area (Å²) in [6.07, 6.45) is -0.0456.